The average Bonchev–Trinajstić information content (AvgIpc) is 2.69. The van der Waals surface area contributed by atoms with Crippen LogP contribution in [-0.2, 0) is 11.8 Å². The molecule has 0 radical (unpaired) electrons. The van der Waals surface area contributed by atoms with Crippen LogP contribution < -0.4 is 4.74 Å². The van der Waals surface area contributed by atoms with Gasteiger partial charge in [-0.25, -0.2) is 0 Å². The van der Waals surface area contributed by atoms with Gasteiger partial charge in [0.15, 0.2) is 0 Å². The lowest BCUT2D eigenvalue weighted by Crippen LogP contribution is -2.30. The second-order valence-electron chi connectivity index (χ2n) is 7.38. The van der Waals surface area contributed by atoms with Crippen LogP contribution in [0.25, 0.3) is 0 Å². The highest BCUT2D eigenvalue weighted by Crippen LogP contribution is 2.34. The summed E-state index contributed by atoms with van der Waals surface area (Å²) in [6, 6.07) is 26.7. The van der Waals surface area contributed by atoms with Crippen LogP contribution in [0.5, 0.6) is 11.5 Å². The Morgan fingerprint density at radius 3 is 2.26 bits per heavy atom. The number of terminal acetylenes is 1. The van der Waals surface area contributed by atoms with Gasteiger partial charge in [0.05, 0.1) is 5.41 Å². The predicted molar refractivity (Wildman–Crippen MR) is 113 cm³/mol. The van der Waals surface area contributed by atoms with E-state index >= 15 is 0 Å². The number of aryl methyl sites for hydroxylation is 1. The summed E-state index contributed by atoms with van der Waals surface area (Å²) < 4.78 is 5.97. The van der Waals surface area contributed by atoms with Crippen LogP contribution in [0.1, 0.15) is 30.5 Å². The minimum absolute atomic E-state index is 0.289. The van der Waals surface area contributed by atoms with Gasteiger partial charge in [-0.1, -0.05) is 73.0 Å². The van der Waals surface area contributed by atoms with Crippen molar-refractivity contribution in [3.05, 3.63) is 95.6 Å². The highest BCUT2D eigenvalue weighted by molar-refractivity contribution is 5.38. The molecule has 0 fully saturated rings. The molecule has 0 aliphatic heterocycles. The van der Waals surface area contributed by atoms with Crippen molar-refractivity contribution in [2.45, 2.75) is 32.6 Å². The molecule has 0 bridgehead atoms. The fourth-order valence-electron chi connectivity index (χ4n) is 3.33. The summed E-state index contributed by atoms with van der Waals surface area (Å²) in [5.74, 6) is 5.04. The molecule has 1 heteroatoms. The van der Waals surface area contributed by atoms with Gasteiger partial charge >= 0.3 is 0 Å². The van der Waals surface area contributed by atoms with Crippen molar-refractivity contribution >= 4 is 0 Å². The summed E-state index contributed by atoms with van der Waals surface area (Å²) in [5.41, 5.74) is 3.35. The molecular weight excluding hydrogens is 328 g/mol. The molecule has 2 atom stereocenters. The van der Waals surface area contributed by atoms with Crippen molar-refractivity contribution in [2.24, 2.45) is 5.92 Å². The zero-order valence-electron chi connectivity index (χ0n) is 16.3. The Kier molecular flexibility index (Phi) is 5.67. The summed E-state index contributed by atoms with van der Waals surface area (Å²) in [6.45, 7) is 6.48. The fraction of sp³-hybridized carbons (Fsp3) is 0.231. The minimum atomic E-state index is -0.315. The third-order valence-corrected chi connectivity index (χ3v) is 5.36. The molecule has 136 valence electrons. The normalized spacial score (nSPS) is 14.0. The van der Waals surface area contributed by atoms with Gasteiger partial charge < -0.3 is 4.74 Å². The number of rotatable bonds is 6. The molecule has 0 saturated heterocycles. The first kappa shape index (κ1) is 18.8. The molecule has 3 rings (SSSR count). The highest BCUT2D eigenvalue weighted by atomic mass is 16.5. The molecular formula is C26H26O. The van der Waals surface area contributed by atoms with Crippen LogP contribution in [0.4, 0.5) is 0 Å². The van der Waals surface area contributed by atoms with Crippen molar-refractivity contribution in [3.8, 4) is 23.8 Å². The van der Waals surface area contributed by atoms with Crippen LogP contribution in [0.15, 0.2) is 78.9 Å². The SMILES string of the molecule is C#CC(C)(c1ccc(C)cc1)C(C)Cc1cccc(Oc2ccccc2)c1. The van der Waals surface area contributed by atoms with E-state index in [2.05, 4.69) is 63.1 Å². The molecule has 0 heterocycles. The Balaban J connectivity index is 1.78. The van der Waals surface area contributed by atoms with Gasteiger partial charge in [-0.2, -0.15) is 0 Å². The number of ether oxygens (including phenoxy) is 1. The molecule has 0 aromatic heterocycles. The quantitative estimate of drug-likeness (QED) is 0.456. The van der Waals surface area contributed by atoms with E-state index in [0.717, 1.165) is 17.9 Å². The van der Waals surface area contributed by atoms with E-state index in [-0.39, 0.29) is 11.3 Å². The van der Waals surface area contributed by atoms with Crippen LogP contribution in [0, 0.1) is 25.2 Å². The molecule has 0 N–H and O–H groups in total. The first-order valence-corrected chi connectivity index (χ1v) is 9.38. The van der Waals surface area contributed by atoms with Gasteiger partial charge in [-0.15, -0.1) is 6.42 Å². The third kappa shape index (κ3) is 4.41. The first-order chi connectivity index (χ1) is 13.0. The van der Waals surface area contributed by atoms with Gasteiger partial charge in [-0.05, 0) is 61.6 Å². The number of benzene rings is 3. The molecule has 0 saturated carbocycles. The molecule has 2 unspecified atom stereocenters. The highest BCUT2D eigenvalue weighted by Gasteiger charge is 2.31. The Morgan fingerprint density at radius 2 is 1.59 bits per heavy atom. The summed E-state index contributed by atoms with van der Waals surface area (Å²) in [6.07, 6.45) is 6.88. The monoisotopic (exact) mass is 354 g/mol. The van der Waals surface area contributed by atoms with E-state index < -0.39 is 0 Å². The molecule has 3 aromatic carbocycles. The molecule has 3 aromatic rings. The maximum absolute atomic E-state index is 5.99. The van der Waals surface area contributed by atoms with Gasteiger partial charge in [0.1, 0.15) is 11.5 Å². The molecule has 27 heavy (non-hydrogen) atoms. The first-order valence-electron chi connectivity index (χ1n) is 9.38. The fourth-order valence-corrected chi connectivity index (χ4v) is 3.33. The summed E-state index contributed by atoms with van der Waals surface area (Å²) in [5, 5.41) is 0. The van der Waals surface area contributed by atoms with E-state index in [1.807, 2.05) is 42.5 Å². The van der Waals surface area contributed by atoms with Crippen molar-refractivity contribution in [3.63, 3.8) is 0 Å². The molecule has 0 aliphatic rings. The average molecular weight is 354 g/mol. The largest absolute Gasteiger partial charge is 0.457 e. The number of para-hydroxylation sites is 1. The lowest BCUT2D eigenvalue weighted by molar-refractivity contribution is 0.398. The van der Waals surface area contributed by atoms with E-state index in [1.54, 1.807) is 0 Å². The number of hydrogen-bond acceptors (Lipinski definition) is 1. The second-order valence-corrected chi connectivity index (χ2v) is 7.38. The zero-order valence-corrected chi connectivity index (χ0v) is 16.3. The van der Waals surface area contributed by atoms with Crippen molar-refractivity contribution in [2.75, 3.05) is 0 Å². The van der Waals surface area contributed by atoms with Crippen LogP contribution in [0.3, 0.4) is 0 Å². The molecule has 0 aliphatic carbocycles. The Morgan fingerprint density at radius 1 is 0.926 bits per heavy atom. The lowest BCUT2D eigenvalue weighted by atomic mass is 9.71. The number of hydrogen-bond donors (Lipinski definition) is 0. The second kappa shape index (κ2) is 8.14. The van der Waals surface area contributed by atoms with Gasteiger partial charge in [0.2, 0.25) is 0 Å². The van der Waals surface area contributed by atoms with E-state index in [0.29, 0.717) is 0 Å². The molecule has 0 spiro atoms. The van der Waals surface area contributed by atoms with E-state index in [4.69, 9.17) is 11.2 Å². The summed E-state index contributed by atoms with van der Waals surface area (Å²) in [4.78, 5) is 0. The maximum Gasteiger partial charge on any atom is 0.127 e. The Hall–Kier alpha value is -2.98. The van der Waals surface area contributed by atoms with Gasteiger partial charge in [0.25, 0.3) is 0 Å². The van der Waals surface area contributed by atoms with Gasteiger partial charge in [-0.3, -0.25) is 0 Å². The molecule has 1 nitrogen and oxygen atoms in total. The van der Waals surface area contributed by atoms with E-state index in [1.165, 1.54) is 16.7 Å². The van der Waals surface area contributed by atoms with Gasteiger partial charge in [0, 0.05) is 0 Å². The van der Waals surface area contributed by atoms with E-state index in [9.17, 15) is 0 Å². The lowest BCUT2D eigenvalue weighted by Gasteiger charge is -2.31. The molecule has 0 amide bonds. The third-order valence-electron chi connectivity index (χ3n) is 5.36. The van der Waals surface area contributed by atoms with Crippen molar-refractivity contribution < 1.29 is 4.74 Å². The van der Waals surface area contributed by atoms with Crippen LogP contribution in [-0.4, -0.2) is 0 Å². The summed E-state index contributed by atoms with van der Waals surface area (Å²) >= 11 is 0. The van der Waals surface area contributed by atoms with Crippen molar-refractivity contribution in [1.82, 2.24) is 0 Å². The van der Waals surface area contributed by atoms with Crippen LogP contribution >= 0.6 is 0 Å². The smallest absolute Gasteiger partial charge is 0.127 e. The Labute approximate surface area is 163 Å². The zero-order chi connectivity index (χ0) is 19.3. The maximum atomic E-state index is 5.99. The predicted octanol–water partition coefficient (Wildman–Crippen LogP) is 6.56. The summed E-state index contributed by atoms with van der Waals surface area (Å²) in [7, 11) is 0. The standard InChI is InChI=1S/C26H26O/c1-5-26(4,23-16-14-20(2)15-17-23)21(3)18-22-10-9-13-25(19-22)27-24-11-7-6-8-12-24/h1,6-17,19,21H,18H2,2-4H3. The topological polar surface area (TPSA) is 9.23 Å². The Bertz CT molecular complexity index is 918. The van der Waals surface area contributed by atoms with Crippen LogP contribution in [0.2, 0.25) is 0 Å². The van der Waals surface area contributed by atoms with Crippen molar-refractivity contribution in [1.29, 1.82) is 0 Å². The minimum Gasteiger partial charge on any atom is -0.457 e.